The number of carboxylic acid groups (broad SMARTS) is 1. The Morgan fingerprint density at radius 1 is 1.00 bits per heavy atom. The number of methoxy groups -OCH3 is 4. The lowest BCUT2D eigenvalue weighted by Gasteiger charge is -2.50. The van der Waals surface area contributed by atoms with Gasteiger partial charge in [0.05, 0.1) is 13.2 Å². The first-order valence-electron chi connectivity index (χ1n) is 11.5. The zero-order valence-corrected chi connectivity index (χ0v) is 21.0. The van der Waals surface area contributed by atoms with E-state index in [0.717, 1.165) is 5.56 Å². The first-order chi connectivity index (χ1) is 17.2. The molecule has 2 fully saturated rings. The minimum absolute atomic E-state index is 0.00907. The smallest absolute Gasteiger partial charge is 0.335 e. The number of aliphatic hydroxyl groups is 2. The molecular formula is C24H36O12. The Labute approximate surface area is 209 Å². The van der Waals surface area contributed by atoms with E-state index in [1.54, 1.807) is 0 Å². The monoisotopic (exact) mass is 516 g/mol. The van der Waals surface area contributed by atoms with Gasteiger partial charge in [-0.3, -0.25) is 0 Å². The number of ether oxygens (including phenoxy) is 8. The largest absolute Gasteiger partial charge is 0.479 e. The van der Waals surface area contributed by atoms with Gasteiger partial charge in [-0.1, -0.05) is 30.3 Å². The Hall–Kier alpha value is -1.71. The van der Waals surface area contributed by atoms with E-state index in [4.69, 9.17) is 37.9 Å². The maximum Gasteiger partial charge on any atom is 0.335 e. The lowest BCUT2D eigenvalue weighted by molar-refractivity contribution is -0.386. The van der Waals surface area contributed by atoms with Crippen molar-refractivity contribution in [1.29, 1.82) is 0 Å². The molecule has 0 amide bonds. The molecule has 1 aromatic rings. The molecule has 3 rings (SSSR count). The molecule has 1 aromatic carbocycles. The zero-order chi connectivity index (χ0) is 26.5. The summed E-state index contributed by atoms with van der Waals surface area (Å²) in [4.78, 5) is 11.7. The van der Waals surface area contributed by atoms with Gasteiger partial charge in [-0.25, -0.2) is 4.79 Å². The normalized spacial score (nSPS) is 39.1. The van der Waals surface area contributed by atoms with Crippen LogP contribution in [0.5, 0.6) is 0 Å². The average Bonchev–Trinajstić information content (AvgIpc) is 2.85. The molecule has 2 aliphatic heterocycles. The van der Waals surface area contributed by atoms with E-state index in [1.165, 1.54) is 35.4 Å². The van der Waals surface area contributed by atoms with Crippen LogP contribution in [0.3, 0.4) is 0 Å². The van der Waals surface area contributed by atoms with E-state index in [0.29, 0.717) is 0 Å². The van der Waals surface area contributed by atoms with E-state index in [1.807, 2.05) is 30.3 Å². The molecule has 2 heterocycles. The predicted octanol–water partition coefficient (Wildman–Crippen LogP) is -0.0739. The highest BCUT2D eigenvalue weighted by Crippen LogP contribution is 2.36. The summed E-state index contributed by atoms with van der Waals surface area (Å²) in [5.74, 6) is -3.17. The number of hydrogen-bond donors (Lipinski definition) is 3. The van der Waals surface area contributed by atoms with Crippen molar-refractivity contribution >= 4 is 5.97 Å². The molecule has 10 atom stereocenters. The van der Waals surface area contributed by atoms with Crippen molar-refractivity contribution in [1.82, 2.24) is 0 Å². The van der Waals surface area contributed by atoms with Crippen LogP contribution in [0.4, 0.5) is 0 Å². The third kappa shape index (κ3) is 6.22. The Morgan fingerprint density at radius 2 is 1.64 bits per heavy atom. The summed E-state index contributed by atoms with van der Waals surface area (Å²) in [6.07, 6.45) is -10.2. The fraction of sp³-hybridized carbons (Fsp3) is 0.708. The Kier molecular flexibility index (Phi) is 10.2. The zero-order valence-electron chi connectivity index (χ0n) is 21.0. The SMILES string of the molecule is COC[C@H]1O[C@@](C)(O)[C@H](OCc2ccccc2)[C@@H](OC)[C@@H]1O[C@@H]1O[C@@H](C(=O)O)[C@@H](O)[C@H](OC)[C@H]1OC. The van der Waals surface area contributed by atoms with Gasteiger partial charge in [0.1, 0.15) is 42.7 Å². The van der Waals surface area contributed by atoms with E-state index in [2.05, 4.69) is 0 Å². The van der Waals surface area contributed by atoms with Gasteiger partial charge in [0, 0.05) is 28.4 Å². The van der Waals surface area contributed by atoms with Crippen LogP contribution < -0.4 is 0 Å². The van der Waals surface area contributed by atoms with Crippen LogP contribution in [0.1, 0.15) is 12.5 Å². The molecule has 2 saturated heterocycles. The van der Waals surface area contributed by atoms with Gasteiger partial charge in [0.25, 0.3) is 0 Å². The number of carboxylic acids is 1. The van der Waals surface area contributed by atoms with Crippen LogP contribution in [-0.2, 0) is 49.3 Å². The molecule has 0 saturated carbocycles. The second kappa shape index (κ2) is 12.7. The molecule has 12 nitrogen and oxygen atoms in total. The van der Waals surface area contributed by atoms with Crippen molar-refractivity contribution in [3.63, 3.8) is 0 Å². The van der Waals surface area contributed by atoms with Gasteiger partial charge in [-0.2, -0.15) is 0 Å². The molecule has 12 heteroatoms. The highest BCUT2D eigenvalue weighted by atomic mass is 16.7. The molecule has 0 bridgehead atoms. The highest BCUT2D eigenvalue weighted by Gasteiger charge is 2.56. The predicted molar refractivity (Wildman–Crippen MR) is 122 cm³/mol. The maximum absolute atomic E-state index is 11.7. The van der Waals surface area contributed by atoms with Crippen molar-refractivity contribution in [3.8, 4) is 0 Å². The second-order valence-electron chi connectivity index (χ2n) is 8.84. The minimum Gasteiger partial charge on any atom is -0.479 e. The van der Waals surface area contributed by atoms with Crippen LogP contribution in [-0.4, -0.2) is 117 Å². The lowest BCUT2D eigenvalue weighted by Crippen LogP contribution is -2.68. The van der Waals surface area contributed by atoms with Crippen LogP contribution in [0.2, 0.25) is 0 Å². The molecule has 3 N–H and O–H groups in total. The summed E-state index contributed by atoms with van der Waals surface area (Å²) in [7, 11) is 5.57. The topological polar surface area (TPSA) is 152 Å². The van der Waals surface area contributed by atoms with Crippen molar-refractivity contribution in [2.24, 2.45) is 0 Å². The van der Waals surface area contributed by atoms with Gasteiger partial charge >= 0.3 is 5.97 Å². The Morgan fingerprint density at radius 3 is 2.19 bits per heavy atom. The van der Waals surface area contributed by atoms with Crippen LogP contribution >= 0.6 is 0 Å². The molecule has 36 heavy (non-hydrogen) atoms. The van der Waals surface area contributed by atoms with Crippen molar-refractivity contribution in [2.45, 2.75) is 74.4 Å². The molecule has 0 spiro atoms. The summed E-state index contributed by atoms with van der Waals surface area (Å²) >= 11 is 0. The maximum atomic E-state index is 11.7. The van der Waals surface area contributed by atoms with Crippen LogP contribution in [0, 0.1) is 0 Å². The van der Waals surface area contributed by atoms with Crippen molar-refractivity contribution < 1.29 is 58.0 Å². The third-order valence-corrected chi connectivity index (χ3v) is 6.38. The van der Waals surface area contributed by atoms with Gasteiger partial charge in [0.2, 0.25) is 0 Å². The van der Waals surface area contributed by atoms with E-state index >= 15 is 0 Å². The lowest BCUT2D eigenvalue weighted by atomic mass is 9.92. The minimum atomic E-state index is -1.78. The molecule has 0 aromatic heterocycles. The number of carbonyl (C=O) groups is 1. The van der Waals surface area contributed by atoms with Gasteiger partial charge < -0.3 is 53.2 Å². The first kappa shape index (κ1) is 28.9. The number of aliphatic carboxylic acids is 1. The number of hydrogen-bond acceptors (Lipinski definition) is 11. The summed E-state index contributed by atoms with van der Waals surface area (Å²) in [5, 5.41) is 31.2. The summed E-state index contributed by atoms with van der Waals surface area (Å²) in [6, 6.07) is 9.37. The molecule has 0 radical (unpaired) electrons. The molecule has 204 valence electrons. The third-order valence-electron chi connectivity index (χ3n) is 6.38. The Bertz CT molecular complexity index is 821. The van der Waals surface area contributed by atoms with E-state index in [9.17, 15) is 20.1 Å². The van der Waals surface area contributed by atoms with Crippen molar-refractivity contribution in [3.05, 3.63) is 35.9 Å². The average molecular weight is 517 g/mol. The van der Waals surface area contributed by atoms with Crippen LogP contribution in [0.15, 0.2) is 30.3 Å². The quantitative estimate of drug-likeness (QED) is 0.361. The Balaban J connectivity index is 1.89. The fourth-order valence-electron chi connectivity index (χ4n) is 4.67. The molecule has 0 unspecified atom stereocenters. The summed E-state index contributed by atoms with van der Waals surface area (Å²) < 4.78 is 45.6. The standard InChI is InChI=1S/C24H36O12/c1-24(28)21(33-11-13-9-7-6-8-10-13)19(31-4)16(14(36-24)12-29-2)34-23-20(32-5)17(30-3)15(25)18(35-23)22(26)27/h6-10,14-21,23,25,28H,11-12H2,1-5H3,(H,26,27)/t14-,15+,16-,17+,18-,19+,20-,21-,23-,24-/m1/s1. The number of aliphatic hydroxyl groups excluding tert-OH is 1. The highest BCUT2D eigenvalue weighted by molar-refractivity contribution is 5.73. The van der Waals surface area contributed by atoms with Gasteiger partial charge in [-0.15, -0.1) is 0 Å². The number of rotatable bonds is 11. The fourth-order valence-corrected chi connectivity index (χ4v) is 4.67. The number of benzene rings is 1. The summed E-state index contributed by atoms with van der Waals surface area (Å²) in [6.45, 7) is 1.63. The van der Waals surface area contributed by atoms with Crippen LogP contribution in [0.25, 0.3) is 0 Å². The molecule has 2 aliphatic rings. The van der Waals surface area contributed by atoms with Gasteiger partial charge in [-0.05, 0) is 12.5 Å². The molecule has 0 aliphatic carbocycles. The summed E-state index contributed by atoms with van der Waals surface area (Å²) in [5.41, 5.74) is 0.871. The van der Waals surface area contributed by atoms with Gasteiger partial charge in [0.15, 0.2) is 18.2 Å². The van der Waals surface area contributed by atoms with Crippen molar-refractivity contribution in [2.75, 3.05) is 35.0 Å². The van der Waals surface area contributed by atoms with E-state index in [-0.39, 0.29) is 13.2 Å². The van der Waals surface area contributed by atoms with E-state index < -0.39 is 66.9 Å². The second-order valence-corrected chi connectivity index (χ2v) is 8.84. The first-order valence-corrected chi connectivity index (χ1v) is 11.5. The molecular weight excluding hydrogens is 480 g/mol.